The molecule has 2 aromatic carbocycles. The van der Waals surface area contributed by atoms with E-state index in [-0.39, 0.29) is 36.4 Å². The average molecular weight is 484 g/mol. The van der Waals surface area contributed by atoms with Gasteiger partial charge in [-0.2, -0.15) is 0 Å². The molecule has 186 valence electrons. The summed E-state index contributed by atoms with van der Waals surface area (Å²) in [7, 11) is 0. The third-order valence-corrected chi connectivity index (χ3v) is 6.26. The number of nitrogens with zero attached hydrogens (tertiary/aromatic N) is 1. The largest absolute Gasteiger partial charge is 0.454 e. The van der Waals surface area contributed by atoms with E-state index in [4.69, 9.17) is 9.47 Å². The standard InChI is InChI=1S/C26H30FN3O5/c1-16(2)14-28-25(32)23(29-24(31)18-6-7-21-22(13-18)35-15-34-21)17-8-10-30(11-9-17)26(33)19-4-3-5-20(27)12-19/h3-7,12-13,16-17,23H,8-11,14-15H2,1-2H3,(H,28,32)(H,29,31)/t23-/m1/s1. The minimum atomic E-state index is -0.752. The molecule has 8 nitrogen and oxygen atoms in total. The lowest BCUT2D eigenvalue weighted by Crippen LogP contribution is -2.54. The lowest BCUT2D eigenvalue weighted by Gasteiger charge is -2.36. The molecule has 2 N–H and O–H groups in total. The Balaban J connectivity index is 1.44. The first kappa shape index (κ1) is 24.5. The number of piperidine rings is 1. The monoisotopic (exact) mass is 483 g/mol. The molecule has 0 aliphatic carbocycles. The van der Waals surface area contributed by atoms with Gasteiger partial charge in [0.05, 0.1) is 0 Å². The van der Waals surface area contributed by atoms with Crippen molar-refractivity contribution in [2.75, 3.05) is 26.4 Å². The molecule has 0 spiro atoms. The molecular formula is C26H30FN3O5. The molecule has 0 radical (unpaired) electrons. The molecule has 1 saturated heterocycles. The van der Waals surface area contributed by atoms with Crippen LogP contribution in [0.3, 0.4) is 0 Å². The topological polar surface area (TPSA) is 97.0 Å². The van der Waals surface area contributed by atoms with Crippen LogP contribution in [0.1, 0.15) is 47.4 Å². The van der Waals surface area contributed by atoms with Gasteiger partial charge in [-0.25, -0.2) is 4.39 Å². The van der Waals surface area contributed by atoms with Gasteiger partial charge in [-0.05, 0) is 61.1 Å². The Kier molecular flexibility index (Phi) is 7.53. The number of benzene rings is 2. The molecule has 0 aromatic heterocycles. The van der Waals surface area contributed by atoms with Crippen molar-refractivity contribution in [3.63, 3.8) is 0 Å². The molecule has 0 unspecified atom stereocenters. The van der Waals surface area contributed by atoms with Gasteiger partial charge < -0.3 is 25.0 Å². The number of likely N-dealkylation sites (tertiary alicyclic amines) is 1. The lowest BCUT2D eigenvalue weighted by atomic mass is 9.88. The molecule has 35 heavy (non-hydrogen) atoms. The molecule has 2 aliphatic rings. The van der Waals surface area contributed by atoms with Crippen LogP contribution < -0.4 is 20.1 Å². The van der Waals surface area contributed by atoms with E-state index in [0.717, 1.165) is 0 Å². The zero-order valence-electron chi connectivity index (χ0n) is 19.9. The summed E-state index contributed by atoms with van der Waals surface area (Å²) >= 11 is 0. The van der Waals surface area contributed by atoms with Crippen LogP contribution in [0.5, 0.6) is 11.5 Å². The maximum atomic E-state index is 13.5. The summed E-state index contributed by atoms with van der Waals surface area (Å²) in [5, 5.41) is 5.82. The molecule has 1 fully saturated rings. The highest BCUT2D eigenvalue weighted by atomic mass is 19.1. The van der Waals surface area contributed by atoms with Crippen molar-refractivity contribution >= 4 is 17.7 Å². The Labute approximate surface area is 203 Å². The third-order valence-electron chi connectivity index (χ3n) is 6.26. The van der Waals surface area contributed by atoms with Gasteiger partial charge in [0.2, 0.25) is 12.7 Å². The maximum Gasteiger partial charge on any atom is 0.253 e. The number of hydrogen-bond donors (Lipinski definition) is 2. The predicted molar refractivity (Wildman–Crippen MR) is 127 cm³/mol. The van der Waals surface area contributed by atoms with Crippen molar-refractivity contribution in [1.82, 2.24) is 15.5 Å². The smallest absolute Gasteiger partial charge is 0.253 e. The van der Waals surface area contributed by atoms with Gasteiger partial charge in [-0.3, -0.25) is 14.4 Å². The minimum Gasteiger partial charge on any atom is -0.454 e. The van der Waals surface area contributed by atoms with Gasteiger partial charge in [-0.15, -0.1) is 0 Å². The van der Waals surface area contributed by atoms with E-state index >= 15 is 0 Å². The van der Waals surface area contributed by atoms with Crippen LogP contribution in [-0.4, -0.2) is 55.1 Å². The summed E-state index contributed by atoms with van der Waals surface area (Å²) in [6, 6.07) is 9.77. The number of hydrogen-bond acceptors (Lipinski definition) is 5. The number of ether oxygens (including phenoxy) is 2. The van der Waals surface area contributed by atoms with Gasteiger partial charge >= 0.3 is 0 Å². The first-order chi connectivity index (χ1) is 16.8. The van der Waals surface area contributed by atoms with Crippen LogP contribution in [-0.2, 0) is 4.79 Å². The van der Waals surface area contributed by atoms with Crippen LogP contribution in [0, 0.1) is 17.7 Å². The summed E-state index contributed by atoms with van der Waals surface area (Å²) in [4.78, 5) is 40.6. The highest BCUT2D eigenvalue weighted by Crippen LogP contribution is 2.32. The molecule has 1 atom stereocenters. The molecule has 2 aliphatic heterocycles. The Bertz CT molecular complexity index is 1100. The number of nitrogens with one attached hydrogen (secondary N) is 2. The zero-order chi connectivity index (χ0) is 24.9. The first-order valence-electron chi connectivity index (χ1n) is 11.8. The number of halogens is 1. The SMILES string of the molecule is CC(C)CNC(=O)[C@H](NC(=O)c1ccc2c(c1)OCO2)C1CCN(C(=O)c2cccc(F)c2)CC1. The van der Waals surface area contributed by atoms with E-state index in [1.807, 2.05) is 13.8 Å². The normalized spacial score (nSPS) is 16.2. The molecule has 0 bridgehead atoms. The second-order valence-corrected chi connectivity index (χ2v) is 9.30. The Morgan fingerprint density at radius 1 is 1.03 bits per heavy atom. The minimum absolute atomic E-state index is 0.105. The fourth-order valence-electron chi connectivity index (χ4n) is 4.31. The van der Waals surface area contributed by atoms with Gasteiger partial charge in [0.1, 0.15) is 11.9 Å². The maximum absolute atomic E-state index is 13.5. The highest BCUT2D eigenvalue weighted by molar-refractivity contribution is 5.98. The number of carbonyl (C=O) groups is 3. The number of fused-ring (bicyclic) bond motifs is 1. The van der Waals surface area contributed by atoms with E-state index in [2.05, 4.69) is 10.6 Å². The fraction of sp³-hybridized carbons (Fsp3) is 0.423. The number of rotatable bonds is 7. The van der Waals surface area contributed by atoms with E-state index in [1.165, 1.54) is 18.2 Å². The van der Waals surface area contributed by atoms with Gasteiger partial charge in [-0.1, -0.05) is 19.9 Å². The van der Waals surface area contributed by atoms with E-state index in [0.29, 0.717) is 55.1 Å². The molecule has 3 amide bonds. The molecular weight excluding hydrogens is 453 g/mol. The summed E-state index contributed by atoms with van der Waals surface area (Å²) in [6.45, 7) is 5.41. The van der Waals surface area contributed by atoms with Crippen LogP contribution in [0.4, 0.5) is 4.39 Å². The third kappa shape index (κ3) is 5.90. The van der Waals surface area contributed by atoms with E-state index in [9.17, 15) is 18.8 Å². The zero-order valence-corrected chi connectivity index (χ0v) is 19.9. The van der Waals surface area contributed by atoms with Crippen molar-refractivity contribution in [2.45, 2.75) is 32.7 Å². The number of amides is 3. The van der Waals surface area contributed by atoms with E-state index < -0.39 is 11.9 Å². The van der Waals surface area contributed by atoms with Crippen molar-refractivity contribution in [2.24, 2.45) is 11.8 Å². The van der Waals surface area contributed by atoms with Gasteiger partial charge in [0.25, 0.3) is 11.8 Å². The molecule has 2 heterocycles. The highest BCUT2D eigenvalue weighted by Gasteiger charge is 2.34. The Hall–Kier alpha value is -3.62. The molecule has 4 rings (SSSR count). The summed E-state index contributed by atoms with van der Waals surface area (Å²) < 4.78 is 24.2. The predicted octanol–water partition coefficient (Wildman–Crippen LogP) is 2.98. The first-order valence-corrected chi connectivity index (χ1v) is 11.8. The van der Waals surface area contributed by atoms with Crippen molar-refractivity contribution in [3.8, 4) is 11.5 Å². The average Bonchev–Trinajstić information content (AvgIpc) is 3.33. The van der Waals surface area contributed by atoms with Crippen LogP contribution in [0.25, 0.3) is 0 Å². The van der Waals surface area contributed by atoms with Gasteiger partial charge in [0, 0.05) is 30.8 Å². The van der Waals surface area contributed by atoms with Crippen molar-refractivity contribution in [1.29, 1.82) is 0 Å². The molecule has 0 saturated carbocycles. The van der Waals surface area contributed by atoms with Crippen molar-refractivity contribution in [3.05, 3.63) is 59.4 Å². The molecule has 9 heteroatoms. The second kappa shape index (κ2) is 10.8. The van der Waals surface area contributed by atoms with Crippen molar-refractivity contribution < 1.29 is 28.2 Å². The quantitative estimate of drug-likeness (QED) is 0.631. The van der Waals surface area contributed by atoms with Crippen LogP contribution in [0.2, 0.25) is 0 Å². The summed E-state index contributed by atoms with van der Waals surface area (Å²) in [5.74, 6) is -0.168. The number of carbonyl (C=O) groups excluding carboxylic acids is 3. The van der Waals surface area contributed by atoms with Gasteiger partial charge in [0.15, 0.2) is 11.5 Å². The summed E-state index contributed by atoms with van der Waals surface area (Å²) in [5.41, 5.74) is 0.667. The Morgan fingerprint density at radius 3 is 2.49 bits per heavy atom. The van der Waals surface area contributed by atoms with Crippen LogP contribution >= 0.6 is 0 Å². The lowest BCUT2D eigenvalue weighted by molar-refractivity contribution is -0.124. The van der Waals surface area contributed by atoms with E-state index in [1.54, 1.807) is 29.2 Å². The fourth-order valence-corrected chi connectivity index (χ4v) is 4.31. The Morgan fingerprint density at radius 2 is 1.77 bits per heavy atom. The second-order valence-electron chi connectivity index (χ2n) is 9.30. The van der Waals surface area contributed by atoms with Crippen LogP contribution in [0.15, 0.2) is 42.5 Å². The summed E-state index contributed by atoms with van der Waals surface area (Å²) in [6.07, 6.45) is 1.06. The molecule has 2 aromatic rings.